The second-order valence-corrected chi connectivity index (χ2v) is 12.2. The van der Waals surface area contributed by atoms with E-state index in [0.717, 1.165) is 66.6 Å². The molecule has 0 saturated carbocycles. The summed E-state index contributed by atoms with van der Waals surface area (Å²) in [5, 5.41) is 3.46. The maximum atomic E-state index is 5.19. The van der Waals surface area contributed by atoms with Gasteiger partial charge in [-0.2, -0.15) is 0 Å². The Labute approximate surface area is 276 Å². The third-order valence-electron chi connectivity index (χ3n) is 9.41. The van der Waals surface area contributed by atoms with Crippen LogP contribution in [0.25, 0.3) is 88.5 Å². The molecule has 5 nitrogen and oxygen atoms in total. The van der Waals surface area contributed by atoms with E-state index in [-0.39, 0.29) is 0 Å². The summed E-state index contributed by atoms with van der Waals surface area (Å²) >= 11 is 0. The van der Waals surface area contributed by atoms with Gasteiger partial charge in [0.15, 0.2) is 5.65 Å². The molecule has 0 radical (unpaired) electrons. The van der Waals surface area contributed by atoms with Crippen LogP contribution in [0.15, 0.2) is 164 Å². The van der Waals surface area contributed by atoms with E-state index in [4.69, 9.17) is 9.97 Å². The van der Waals surface area contributed by atoms with E-state index in [0.29, 0.717) is 0 Å². The van der Waals surface area contributed by atoms with Gasteiger partial charge >= 0.3 is 0 Å². The fourth-order valence-electron chi connectivity index (χ4n) is 7.14. The molecule has 0 amide bonds. The zero-order valence-corrected chi connectivity index (χ0v) is 25.8. The number of fused-ring (bicyclic) bond motifs is 7. The van der Waals surface area contributed by atoms with E-state index in [9.17, 15) is 0 Å². The Bertz CT molecular complexity index is 2810. The molecule has 0 atom stereocenters. The molecular weight excluding hydrogens is 587 g/mol. The van der Waals surface area contributed by atoms with Crippen molar-refractivity contribution >= 4 is 54.9 Å². The van der Waals surface area contributed by atoms with Crippen LogP contribution in [0, 0.1) is 0 Å². The first-order valence-corrected chi connectivity index (χ1v) is 16.1. The summed E-state index contributed by atoms with van der Waals surface area (Å²) in [4.78, 5) is 14.8. The minimum Gasteiger partial charge on any atom is -0.308 e. The fourth-order valence-corrected chi connectivity index (χ4v) is 7.14. The van der Waals surface area contributed by atoms with Gasteiger partial charge in [-0.25, -0.2) is 9.97 Å². The van der Waals surface area contributed by atoms with E-state index >= 15 is 0 Å². The predicted molar refractivity (Wildman–Crippen MR) is 197 cm³/mol. The molecule has 10 rings (SSSR count). The average Bonchev–Trinajstić information content (AvgIpc) is 3.66. The van der Waals surface area contributed by atoms with Crippen LogP contribution in [0.2, 0.25) is 0 Å². The van der Waals surface area contributed by atoms with E-state index in [1.165, 1.54) is 21.9 Å². The number of para-hydroxylation sites is 3. The van der Waals surface area contributed by atoms with Crippen molar-refractivity contribution in [2.45, 2.75) is 0 Å². The maximum absolute atomic E-state index is 5.19. The van der Waals surface area contributed by atoms with Crippen molar-refractivity contribution in [3.05, 3.63) is 164 Å². The van der Waals surface area contributed by atoms with Gasteiger partial charge in [0.05, 0.1) is 33.8 Å². The molecule has 0 bridgehead atoms. The number of hydrogen-bond acceptors (Lipinski definition) is 3. The highest BCUT2D eigenvalue weighted by Gasteiger charge is 2.18. The summed E-state index contributed by atoms with van der Waals surface area (Å²) in [6.07, 6.45) is 3.83. The van der Waals surface area contributed by atoms with Crippen molar-refractivity contribution in [2.24, 2.45) is 0 Å². The Morgan fingerprint density at radius 2 is 1.02 bits per heavy atom. The highest BCUT2D eigenvalue weighted by molar-refractivity contribution is 6.11. The largest absolute Gasteiger partial charge is 0.308 e. The van der Waals surface area contributed by atoms with Crippen LogP contribution >= 0.6 is 0 Å². The molecule has 10 aromatic rings. The van der Waals surface area contributed by atoms with E-state index in [2.05, 4.69) is 135 Å². The lowest BCUT2D eigenvalue weighted by atomic mass is 10.0. The highest BCUT2D eigenvalue weighted by atomic mass is 15.1. The molecule has 4 aromatic heterocycles. The van der Waals surface area contributed by atoms with E-state index in [1.807, 2.05) is 42.7 Å². The molecule has 6 aromatic carbocycles. The first kappa shape index (κ1) is 26.6. The van der Waals surface area contributed by atoms with Gasteiger partial charge in [-0.1, -0.05) is 91.0 Å². The Balaban J connectivity index is 1.19. The van der Waals surface area contributed by atoms with E-state index in [1.54, 1.807) is 0 Å². The van der Waals surface area contributed by atoms with E-state index < -0.39 is 0 Å². The number of benzene rings is 6. The van der Waals surface area contributed by atoms with Gasteiger partial charge in [0.2, 0.25) is 0 Å². The summed E-state index contributed by atoms with van der Waals surface area (Å²) in [5.41, 5.74) is 13.6. The van der Waals surface area contributed by atoms with Gasteiger partial charge in [-0.3, -0.25) is 9.55 Å². The highest BCUT2D eigenvalue weighted by Crippen LogP contribution is 2.38. The molecule has 0 spiro atoms. The van der Waals surface area contributed by atoms with Crippen LogP contribution < -0.4 is 0 Å². The minimum atomic E-state index is 0.848. The Kier molecular flexibility index (Phi) is 5.81. The van der Waals surface area contributed by atoms with Crippen LogP contribution in [-0.2, 0) is 0 Å². The van der Waals surface area contributed by atoms with Crippen LogP contribution in [-0.4, -0.2) is 24.1 Å². The molecule has 224 valence electrons. The summed E-state index contributed by atoms with van der Waals surface area (Å²) in [6, 6.07) is 53.4. The molecule has 0 aliphatic heterocycles. The van der Waals surface area contributed by atoms with Crippen LogP contribution in [0.5, 0.6) is 0 Å². The van der Waals surface area contributed by atoms with Crippen LogP contribution in [0.4, 0.5) is 0 Å². The number of rotatable bonds is 4. The van der Waals surface area contributed by atoms with Crippen LogP contribution in [0.1, 0.15) is 0 Å². The minimum absolute atomic E-state index is 0.848. The topological polar surface area (TPSA) is 48.5 Å². The molecule has 0 aliphatic rings. The maximum Gasteiger partial charge on any atom is 0.165 e. The van der Waals surface area contributed by atoms with Gasteiger partial charge in [0.1, 0.15) is 5.52 Å². The first-order valence-electron chi connectivity index (χ1n) is 16.1. The molecule has 0 saturated heterocycles. The normalized spacial score (nSPS) is 11.8. The Morgan fingerprint density at radius 1 is 0.396 bits per heavy atom. The molecule has 0 unspecified atom stereocenters. The molecule has 5 heteroatoms. The number of pyridine rings is 1. The number of nitrogens with zero attached hydrogens (tertiary/aromatic N) is 5. The summed E-state index contributed by atoms with van der Waals surface area (Å²) in [7, 11) is 0. The van der Waals surface area contributed by atoms with Gasteiger partial charge in [-0.05, 0) is 82.9 Å². The average molecular weight is 614 g/mol. The zero-order chi connectivity index (χ0) is 31.6. The fraction of sp³-hybridized carbons (Fsp3) is 0. The molecule has 48 heavy (non-hydrogen) atoms. The Morgan fingerprint density at radius 3 is 1.83 bits per heavy atom. The monoisotopic (exact) mass is 613 g/mol. The molecular formula is C43H27N5. The SMILES string of the molecule is c1ccc(-c2ccc(-n3c4ccc(-c5ccc6c7ccncc7n(-c7ccccc7)c6c5)cc4c4nc5ccccc5nc43)cc2)cc1. The number of aromatic nitrogens is 5. The van der Waals surface area contributed by atoms with Crippen molar-refractivity contribution < 1.29 is 0 Å². The summed E-state index contributed by atoms with van der Waals surface area (Å²) in [5.74, 6) is 0. The van der Waals surface area contributed by atoms with Crippen molar-refractivity contribution in [3.8, 4) is 33.6 Å². The Hall–Kier alpha value is -6.59. The van der Waals surface area contributed by atoms with Gasteiger partial charge in [0, 0.05) is 33.7 Å². The molecule has 4 heterocycles. The summed E-state index contributed by atoms with van der Waals surface area (Å²) in [6.45, 7) is 0. The lowest BCUT2D eigenvalue weighted by molar-refractivity contribution is 1.14. The lowest BCUT2D eigenvalue weighted by Gasteiger charge is -2.10. The second-order valence-electron chi connectivity index (χ2n) is 12.2. The molecule has 0 fully saturated rings. The first-order chi connectivity index (χ1) is 23.8. The van der Waals surface area contributed by atoms with Crippen molar-refractivity contribution in [1.29, 1.82) is 0 Å². The number of hydrogen-bond donors (Lipinski definition) is 0. The lowest BCUT2D eigenvalue weighted by Crippen LogP contribution is -1.96. The quantitative estimate of drug-likeness (QED) is 0.198. The van der Waals surface area contributed by atoms with Gasteiger partial charge in [0.25, 0.3) is 0 Å². The second kappa shape index (κ2) is 10.5. The predicted octanol–water partition coefficient (Wildman–Crippen LogP) is 10.6. The van der Waals surface area contributed by atoms with Crippen molar-refractivity contribution in [3.63, 3.8) is 0 Å². The molecule has 0 N–H and O–H groups in total. The zero-order valence-electron chi connectivity index (χ0n) is 25.8. The smallest absolute Gasteiger partial charge is 0.165 e. The third kappa shape index (κ3) is 4.08. The van der Waals surface area contributed by atoms with Gasteiger partial charge < -0.3 is 4.57 Å². The van der Waals surface area contributed by atoms with Crippen molar-refractivity contribution in [1.82, 2.24) is 24.1 Å². The molecule has 0 aliphatic carbocycles. The summed E-state index contributed by atoms with van der Waals surface area (Å²) < 4.78 is 4.55. The van der Waals surface area contributed by atoms with Crippen molar-refractivity contribution in [2.75, 3.05) is 0 Å². The van der Waals surface area contributed by atoms with Crippen LogP contribution in [0.3, 0.4) is 0 Å². The third-order valence-corrected chi connectivity index (χ3v) is 9.41. The van der Waals surface area contributed by atoms with Gasteiger partial charge in [-0.15, -0.1) is 0 Å². The standard InChI is InChI=1S/C43H27N5/c1-3-9-28(10-4-1)29-15-19-33(20-16-29)48-39-22-18-30(25-36(39)42-43(48)46-38-14-8-7-13-37(38)45-42)31-17-21-34-35-23-24-44-27-41(35)47(40(34)26-31)32-11-5-2-6-12-32/h1-27H.